The number of rotatable bonds is 2. The summed E-state index contributed by atoms with van der Waals surface area (Å²) in [5.74, 6) is -0.146. The van der Waals surface area contributed by atoms with Gasteiger partial charge in [-0.25, -0.2) is 4.99 Å². The fraction of sp³-hybridized carbons (Fsp3) is 0.600. The lowest BCUT2D eigenvalue weighted by Gasteiger charge is -2.31. The summed E-state index contributed by atoms with van der Waals surface area (Å²) in [4.78, 5) is 5.76. The molecular weight excluding hydrogens is 327 g/mol. The summed E-state index contributed by atoms with van der Waals surface area (Å²) in [6.45, 7) is 0. The summed E-state index contributed by atoms with van der Waals surface area (Å²) in [7, 11) is 0. The van der Waals surface area contributed by atoms with Crippen molar-refractivity contribution in [2.24, 2.45) is 10.9 Å². The van der Waals surface area contributed by atoms with Crippen LogP contribution < -0.4 is 0 Å². The first-order valence-corrected chi connectivity index (χ1v) is 8.84. The highest BCUT2D eigenvalue weighted by Crippen LogP contribution is 2.40. The molecule has 1 N–H and O–H groups in total. The molecule has 1 aromatic heterocycles. The molecule has 3 nitrogen and oxygen atoms in total. The average Bonchev–Trinajstić information content (AvgIpc) is 3.01. The second kappa shape index (κ2) is 6.26. The minimum absolute atomic E-state index is 0.0314. The van der Waals surface area contributed by atoms with E-state index < -0.39 is 6.10 Å². The molecule has 0 saturated heterocycles. The quantitative estimate of drug-likeness (QED) is 0.656. The third kappa shape index (κ3) is 2.98. The van der Waals surface area contributed by atoms with Gasteiger partial charge in [-0.1, -0.05) is 0 Å². The monoisotopic (exact) mass is 342 g/mol. The van der Waals surface area contributed by atoms with Crippen molar-refractivity contribution < 1.29 is 5.11 Å². The molecule has 21 heavy (non-hydrogen) atoms. The number of fused-ring (bicyclic) bond motifs is 1. The molecule has 2 aliphatic rings. The fourth-order valence-electron chi connectivity index (χ4n) is 3.09. The van der Waals surface area contributed by atoms with Crippen molar-refractivity contribution >= 4 is 45.8 Å². The van der Waals surface area contributed by atoms with Crippen LogP contribution in [0.2, 0.25) is 0 Å². The third-order valence-electron chi connectivity index (χ3n) is 4.22. The number of hydrogen-bond acceptors (Lipinski definition) is 4. The van der Waals surface area contributed by atoms with E-state index in [4.69, 9.17) is 23.2 Å². The van der Waals surface area contributed by atoms with Gasteiger partial charge in [0.15, 0.2) is 0 Å². The van der Waals surface area contributed by atoms with Crippen molar-refractivity contribution in [1.29, 1.82) is 5.26 Å². The Balaban J connectivity index is 1.82. The van der Waals surface area contributed by atoms with Crippen LogP contribution in [0.1, 0.15) is 35.3 Å². The van der Waals surface area contributed by atoms with Gasteiger partial charge in [0.2, 0.25) is 0 Å². The average molecular weight is 343 g/mol. The Bertz CT molecular complexity index is 608. The summed E-state index contributed by atoms with van der Waals surface area (Å²) in [5.41, 5.74) is 1.88. The van der Waals surface area contributed by atoms with Crippen LogP contribution in [0.25, 0.3) is 0 Å². The van der Waals surface area contributed by atoms with Crippen LogP contribution in [-0.2, 0) is 12.8 Å². The van der Waals surface area contributed by atoms with Gasteiger partial charge in [0, 0.05) is 22.4 Å². The van der Waals surface area contributed by atoms with Gasteiger partial charge in [-0.2, -0.15) is 5.26 Å². The summed E-state index contributed by atoms with van der Waals surface area (Å²) in [6, 6.07) is 2.27. The minimum Gasteiger partial charge on any atom is -0.391 e. The van der Waals surface area contributed by atoms with E-state index in [0.717, 1.165) is 24.3 Å². The molecule has 1 fully saturated rings. The van der Waals surface area contributed by atoms with E-state index >= 15 is 0 Å². The van der Waals surface area contributed by atoms with Gasteiger partial charge < -0.3 is 5.11 Å². The van der Waals surface area contributed by atoms with E-state index in [9.17, 15) is 10.4 Å². The molecule has 1 aromatic rings. The maximum Gasteiger partial charge on any atom is 0.133 e. The van der Waals surface area contributed by atoms with Crippen LogP contribution in [0.5, 0.6) is 0 Å². The van der Waals surface area contributed by atoms with Crippen molar-refractivity contribution in [3.8, 4) is 6.07 Å². The number of alkyl halides is 2. The van der Waals surface area contributed by atoms with Gasteiger partial charge in [0.05, 0.1) is 17.0 Å². The Labute approximate surface area is 138 Å². The van der Waals surface area contributed by atoms with Crippen LogP contribution in [0.15, 0.2) is 4.99 Å². The van der Waals surface area contributed by atoms with Crippen LogP contribution in [0.3, 0.4) is 0 Å². The van der Waals surface area contributed by atoms with Gasteiger partial charge in [-0.15, -0.1) is 34.5 Å². The van der Waals surface area contributed by atoms with E-state index in [2.05, 4.69) is 11.1 Å². The van der Waals surface area contributed by atoms with Crippen LogP contribution in [0, 0.1) is 17.2 Å². The molecule has 0 radical (unpaired) electrons. The molecule has 0 spiro atoms. The molecule has 0 aromatic carbocycles. The lowest BCUT2D eigenvalue weighted by atomic mass is 9.86. The van der Waals surface area contributed by atoms with Crippen LogP contribution >= 0.6 is 34.5 Å². The smallest absolute Gasteiger partial charge is 0.133 e. The van der Waals surface area contributed by atoms with Gasteiger partial charge >= 0.3 is 0 Å². The number of halogens is 2. The maximum atomic E-state index is 10.1. The highest BCUT2D eigenvalue weighted by atomic mass is 35.5. The van der Waals surface area contributed by atoms with E-state index in [-0.39, 0.29) is 16.7 Å². The Morgan fingerprint density at radius 3 is 2.90 bits per heavy atom. The summed E-state index contributed by atoms with van der Waals surface area (Å²) >= 11 is 13.9. The lowest BCUT2D eigenvalue weighted by molar-refractivity contribution is 0.109. The number of aryl methyl sites for hydroxylation is 1. The molecule has 4 atom stereocenters. The van der Waals surface area contributed by atoms with Crippen LogP contribution in [-0.4, -0.2) is 28.2 Å². The molecule has 6 heteroatoms. The minimum atomic E-state index is -0.622. The SMILES string of the molecule is N#Cc1c(/N=C/C2CC(Cl)CC(Cl)C2O)sc2c1CCC2. The van der Waals surface area contributed by atoms with Gasteiger partial charge in [0.1, 0.15) is 11.1 Å². The zero-order valence-corrected chi connectivity index (χ0v) is 13.8. The number of aliphatic hydroxyl groups is 1. The van der Waals surface area contributed by atoms with Crippen molar-refractivity contribution in [2.45, 2.75) is 49.0 Å². The molecule has 112 valence electrons. The summed E-state index contributed by atoms with van der Waals surface area (Å²) < 4.78 is 0. The highest BCUT2D eigenvalue weighted by molar-refractivity contribution is 7.16. The number of aliphatic imine (C=N–C) groups is 1. The molecular formula is C15H16Cl2N2OS. The normalized spacial score (nSPS) is 32.3. The van der Waals surface area contributed by atoms with Crippen molar-refractivity contribution in [2.75, 3.05) is 0 Å². The second-order valence-electron chi connectivity index (χ2n) is 5.67. The van der Waals surface area contributed by atoms with Crippen molar-refractivity contribution in [3.63, 3.8) is 0 Å². The van der Waals surface area contributed by atoms with E-state index in [0.29, 0.717) is 18.4 Å². The van der Waals surface area contributed by atoms with Crippen molar-refractivity contribution in [3.05, 3.63) is 16.0 Å². The molecule has 0 bridgehead atoms. The Hall–Kier alpha value is -0.600. The molecule has 0 aliphatic heterocycles. The van der Waals surface area contributed by atoms with E-state index in [1.165, 1.54) is 10.4 Å². The Morgan fingerprint density at radius 2 is 2.14 bits per heavy atom. The maximum absolute atomic E-state index is 10.1. The number of thiophene rings is 1. The standard InChI is InChI=1S/C15H16Cl2N2OS/c16-9-4-8(14(20)12(17)5-9)7-19-15-11(6-18)10-2-1-3-13(10)21-15/h7-9,12,14,20H,1-5H2/b19-7+. The zero-order chi connectivity index (χ0) is 15.0. The molecule has 2 aliphatic carbocycles. The van der Waals surface area contributed by atoms with E-state index in [1.54, 1.807) is 17.6 Å². The molecule has 3 rings (SSSR count). The molecule has 1 saturated carbocycles. The summed E-state index contributed by atoms with van der Waals surface area (Å²) in [6.07, 6.45) is 5.55. The molecule has 0 amide bonds. The number of aliphatic hydroxyl groups excluding tert-OH is 1. The molecule has 1 heterocycles. The third-order valence-corrected chi connectivity index (χ3v) is 6.21. The first kappa shape index (κ1) is 15.3. The Morgan fingerprint density at radius 1 is 1.33 bits per heavy atom. The topological polar surface area (TPSA) is 56.4 Å². The van der Waals surface area contributed by atoms with Gasteiger partial charge in [0.25, 0.3) is 0 Å². The number of hydrogen-bond donors (Lipinski definition) is 1. The first-order valence-electron chi connectivity index (χ1n) is 7.15. The Kier molecular flexibility index (Phi) is 4.56. The lowest BCUT2D eigenvalue weighted by Crippen LogP contribution is -2.39. The predicted octanol–water partition coefficient (Wildman–Crippen LogP) is 3.80. The first-order chi connectivity index (χ1) is 10.1. The van der Waals surface area contributed by atoms with E-state index in [1.807, 2.05) is 0 Å². The largest absolute Gasteiger partial charge is 0.391 e. The second-order valence-corrected chi connectivity index (χ2v) is 7.93. The molecule has 4 unspecified atom stereocenters. The fourth-order valence-corrected chi connectivity index (χ4v) is 5.17. The number of nitriles is 1. The van der Waals surface area contributed by atoms with Gasteiger partial charge in [-0.3, -0.25) is 0 Å². The number of nitrogens with zero attached hydrogens (tertiary/aromatic N) is 2. The van der Waals surface area contributed by atoms with Crippen molar-refractivity contribution in [1.82, 2.24) is 0 Å². The predicted molar refractivity (Wildman–Crippen MR) is 87.2 cm³/mol. The highest BCUT2D eigenvalue weighted by Gasteiger charge is 2.34. The van der Waals surface area contributed by atoms with Crippen LogP contribution in [0.4, 0.5) is 5.00 Å². The zero-order valence-electron chi connectivity index (χ0n) is 11.4. The van der Waals surface area contributed by atoms with Gasteiger partial charge in [-0.05, 0) is 37.7 Å². The summed E-state index contributed by atoms with van der Waals surface area (Å²) in [5, 5.41) is 19.9.